The van der Waals surface area contributed by atoms with Gasteiger partial charge in [-0.05, 0) is 17.7 Å². The summed E-state index contributed by atoms with van der Waals surface area (Å²) in [4.78, 5) is 5.12. The lowest BCUT2D eigenvalue weighted by Crippen LogP contribution is -2.52. The zero-order valence-corrected chi connectivity index (χ0v) is 12.8. The van der Waals surface area contributed by atoms with Crippen molar-refractivity contribution >= 4 is 5.69 Å². The lowest BCUT2D eigenvalue weighted by atomic mass is 10.1. The van der Waals surface area contributed by atoms with E-state index in [1.807, 2.05) is 0 Å². The summed E-state index contributed by atoms with van der Waals surface area (Å²) in [5, 5.41) is 0. The summed E-state index contributed by atoms with van der Waals surface area (Å²) in [7, 11) is 0. The van der Waals surface area contributed by atoms with Crippen molar-refractivity contribution < 1.29 is 4.74 Å². The largest absolute Gasteiger partial charge is 0.491 e. The van der Waals surface area contributed by atoms with Gasteiger partial charge in [0, 0.05) is 38.6 Å². The van der Waals surface area contributed by atoms with Crippen molar-refractivity contribution in [3.63, 3.8) is 0 Å². The fourth-order valence-electron chi connectivity index (χ4n) is 3.59. The van der Waals surface area contributed by atoms with Gasteiger partial charge in [-0.25, -0.2) is 0 Å². The molecule has 1 saturated heterocycles. The summed E-state index contributed by atoms with van der Waals surface area (Å²) in [6, 6.07) is 19.8. The second-order valence-electron chi connectivity index (χ2n) is 6.17. The van der Waals surface area contributed by atoms with Crippen LogP contribution in [-0.4, -0.2) is 37.2 Å². The number of benzene rings is 2. The highest BCUT2D eigenvalue weighted by Crippen LogP contribution is 2.34. The van der Waals surface area contributed by atoms with E-state index in [1.165, 1.54) is 11.3 Å². The first-order valence-corrected chi connectivity index (χ1v) is 8.15. The van der Waals surface area contributed by atoms with Crippen LogP contribution in [0.4, 0.5) is 5.69 Å². The second-order valence-corrected chi connectivity index (χ2v) is 6.17. The minimum atomic E-state index is 0.557. The maximum Gasteiger partial charge on any atom is 0.142 e. The molecule has 4 rings (SSSR count). The van der Waals surface area contributed by atoms with Crippen molar-refractivity contribution in [2.75, 3.05) is 31.1 Å². The molecule has 0 radical (unpaired) electrons. The van der Waals surface area contributed by atoms with E-state index in [9.17, 15) is 0 Å². The van der Waals surface area contributed by atoms with E-state index in [0.29, 0.717) is 6.04 Å². The van der Waals surface area contributed by atoms with Gasteiger partial charge >= 0.3 is 0 Å². The molecular formula is C19H22N2O. The van der Waals surface area contributed by atoms with Gasteiger partial charge in [-0.15, -0.1) is 0 Å². The molecule has 2 aromatic rings. The summed E-state index contributed by atoms with van der Waals surface area (Å²) in [5.41, 5.74) is 2.67. The van der Waals surface area contributed by atoms with Gasteiger partial charge in [0.2, 0.25) is 0 Å². The van der Waals surface area contributed by atoms with Crippen LogP contribution in [0.2, 0.25) is 0 Å². The Morgan fingerprint density at radius 2 is 1.77 bits per heavy atom. The van der Waals surface area contributed by atoms with E-state index in [1.54, 1.807) is 0 Å². The minimum absolute atomic E-state index is 0.557. The summed E-state index contributed by atoms with van der Waals surface area (Å²) in [5.74, 6) is 1.04. The highest BCUT2D eigenvalue weighted by atomic mass is 16.5. The molecule has 2 aromatic carbocycles. The predicted octanol–water partition coefficient (Wildman–Crippen LogP) is 3.16. The molecule has 3 nitrogen and oxygen atoms in total. The van der Waals surface area contributed by atoms with Crippen LogP contribution in [0, 0.1) is 0 Å². The van der Waals surface area contributed by atoms with Crippen LogP contribution < -0.4 is 9.64 Å². The van der Waals surface area contributed by atoms with Gasteiger partial charge < -0.3 is 9.64 Å². The third kappa shape index (κ3) is 2.69. The van der Waals surface area contributed by atoms with Crippen molar-refractivity contribution in [3.8, 4) is 5.75 Å². The van der Waals surface area contributed by atoms with Crippen LogP contribution >= 0.6 is 0 Å². The molecule has 0 saturated carbocycles. The van der Waals surface area contributed by atoms with Crippen LogP contribution in [0.15, 0.2) is 54.6 Å². The van der Waals surface area contributed by atoms with E-state index in [2.05, 4.69) is 64.4 Å². The van der Waals surface area contributed by atoms with E-state index in [-0.39, 0.29) is 0 Å². The number of anilines is 1. The molecule has 2 aliphatic rings. The molecular weight excluding hydrogens is 272 g/mol. The SMILES string of the molecule is c1ccc(CN2CCN3c4ccccc4OCC[C@H]3C2)cc1. The van der Waals surface area contributed by atoms with Crippen molar-refractivity contribution in [2.24, 2.45) is 0 Å². The first-order valence-electron chi connectivity index (χ1n) is 8.15. The Bertz CT molecular complexity index is 628. The third-order valence-corrected chi connectivity index (χ3v) is 4.70. The number of rotatable bonds is 2. The van der Waals surface area contributed by atoms with Crippen LogP contribution in [0.5, 0.6) is 5.75 Å². The van der Waals surface area contributed by atoms with E-state index < -0.39 is 0 Å². The molecule has 114 valence electrons. The monoisotopic (exact) mass is 294 g/mol. The maximum absolute atomic E-state index is 5.93. The van der Waals surface area contributed by atoms with Gasteiger partial charge in [-0.3, -0.25) is 4.90 Å². The van der Waals surface area contributed by atoms with Gasteiger partial charge in [-0.1, -0.05) is 42.5 Å². The molecule has 0 aromatic heterocycles. The fraction of sp³-hybridized carbons (Fsp3) is 0.368. The Labute approximate surface area is 132 Å². The molecule has 3 heteroatoms. The zero-order chi connectivity index (χ0) is 14.8. The van der Waals surface area contributed by atoms with E-state index in [4.69, 9.17) is 4.74 Å². The van der Waals surface area contributed by atoms with Gasteiger partial charge in [0.05, 0.1) is 12.3 Å². The zero-order valence-electron chi connectivity index (χ0n) is 12.8. The van der Waals surface area contributed by atoms with Gasteiger partial charge in [0.15, 0.2) is 0 Å². The minimum Gasteiger partial charge on any atom is -0.491 e. The number of fused-ring (bicyclic) bond motifs is 3. The Balaban J connectivity index is 1.50. The number of hydrogen-bond acceptors (Lipinski definition) is 3. The lowest BCUT2D eigenvalue weighted by molar-refractivity contribution is 0.202. The van der Waals surface area contributed by atoms with Crippen LogP contribution in [-0.2, 0) is 6.54 Å². The van der Waals surface area contributed by atoms with E-state index >= 15 is 0 Å². The first-order chi connectivity index (χ1) is 10.9. The Kier molecular flexibility index (Phi) is 3.73. The van der Waals surface area contributed by atoms with Gasteiger partial charge in [-0.2, -0.15) is 0 Å². The van der Waals surface area contributed by atoms with Gasteiger partial charge in [0.25, 0.3) is 0 Å². The second kappa shape index (κ2) is 6.01. The number of ether oxygens (including phenoxy) is 1. The van der Waals surface area contributed by atoms with Crippen molar-refractivity contribution in [2.45, 2.75) is 19.0 Å². The predicted molar refractivity (Wildman–Crippen MR) is 89.4 cm³/mol. The molecule has 0 unspecified atom stereocenters. The maximum atomic E-state index is 5.93. The van der Waals surface area contributed by atoms with Crippen LogP contribution in [0.3, 0.4) is 0 Å². The average Bonchev–Trinajstić information content (AvgIpc) is 2.75. The number of piperazine rings is 1. The first kappa shape index (κ1) is 13.6. The Morgan fingerprint density at radius 3 is 2.68 bits per heavy atom. The lowest BCUT2D eigenvalue weighted by Gasteiger charge is -2.41. The van der Waals surface area contributed by atoms with Crippen LogP contribution in [0.1, 0.15) is 12.0 Å². The average molecular weight is 294 g/mol. The standard InChI is InChI=1S/C19H22N2O/c1-2-6-16(7-3-1)14-20-11-12-21-17(15-20)10-13-22-19-9-5-4-8-18(19)21/h1-9,17H,10-15H2/t17-/m0/s1. The number of nitrogens with zero attached hydrogens (tertiary/aromatic N) is 2. The summed E-state index contributed by atoms with van der Waals surface area (Å²) in [6.45, 7) is 5.18. The van der Waals surface area contributed by atoms with Crippen molar-refractivity contribution in [1.29, 1.82) is 0 Å². The molecule has 1 atom stereocenters. The summed E-state index contributed by atoms with van der Waals surface area (Å²) < 4.78 is 5.93. The number of para-hydroxylation sites is 2. The summed E-state index contributed by atoms with van der Waals surface area (Å²) >= 11 is 0. The molecule has 2 heterocycles. The number of hydrogen-bond donors (Lipinski definition) is 0. The molecule has 22 heavy (non-hydrogen) atoms. The molecule has 0 spiro atoms. The molecule has 0 N–H and O–H groups in total. The quantitative estimate of drug-likeness (QED) is 0.846. The topological polar surface area (TPSA) is 15.7 Å². The Hall–Kier alpha value is -2.00. The van der Waals surface area contributed by atoms with Crippen LogP contribution in [0.25, 0.3) is 0 Å². The van der Waals surface area contributed by atoms with Crippen molar-refractivity contribution in [1.82, 2.24) is 4.90 Å². The molecule has 0 bridgehead atoms. The highest BCUT2D eigenvalue weighted by Gasteiger charge is 2.30. The molecule has 1 fully saturated rings. The highest BCUT2D eigenvalue weighted by molar-refractivity contribution is 5.60. The fourth-order valence-corrected chi connectivity index (χ4v) is 3.59. The smallest absolute Gasteiger partial charge is 0.142 e. The summed E-state index contributed by atoms with van der Waals surface area (Å²) in [6.07, 6.45) is 1.10. The molecule has 2 aliphatic heterocycles. The normalized spacial score (nSPS) is 21.5. The van der Waals surface area contributed by atoms with Gasteiger partial charge in [0.1, 0.15) is 5.75 Å². The van der Waals surface area contributed by atoms with E-state index in [0.717, 1.165) is 45.0 Å². The molecule has 0 aliphatic carbocycles. The molecule has 0 amide bonds. The Morgan fingerprint density at radius 1 is 0.955 bits per heavy atom. The third-order valence-electron chi connectivity index (χ3n) is 4.70. The van der Waals surface area contributed by atoms with Crippen molar-refractivity contribution in [3.05, 3.63) is 60.2 Å².